The Morgan fingerprint density at radius 1 is 1.04 bits per heavy atom. The second-order valence-corrected chi connectivity index (χ2v) is 12.9. The van der Waals surface area contributed by atoms with Crippen molar-refractivity contribution in [2.24, 2.45) is 11.7 Å². The number of benzene rings is 1. The molecule has 0 spiro atoms. The van der Waals surface area contributed by atoms with Gasteiger partial charge in [-0.2, -0.15) is 0 Å². The molecule has 48 heavy (non-hydrogen) atoms. The minimum absolute atomic E-state index is 0.00202. The molecule has 2 amide bonds. The summed E-state index contributed by atoms with van der Waals surface area (Å²) in [6, 6.07) is 11.1. The third kappa shape index (κ3) is 5.87. The number of ether oxygens (including phenoxy) is 1. The number of aliphatic hydroxyl groups is 1. The molecule has 5 heterocycles. The van der Waals surface area contributed by atoms with Gasteiger partial charge in [0, 0.05) is 42.3 Å². The van der Waals surface area contributed by atoms with Crippen LogP contribution in [0, 0.1) is 5.92 Å². The number of rotatable bonds is 14. The Hall–Kier alpha value is -4.55. The van der Waals surface area contributed by atoms with Crippen LogP contribution in [0.15, 0.2) is 41.2 Å². The number of imide groups is 1. The third-order valence-corrected chi connectivity index (χ3v) is 9.89. The number of ketones is 2. The largest absolute Gasteiger partial charge is 0.447 e. The first-order valence-corrected chi connectivity index (χ1v) is 16.8. The van der Waals surface area contributed by atoms with Gasteiger partial charge in [0.1, 0.15) is 5.78 Å². The summed E-state index contributed by atoms with van der Waals surface area (Å²) >= 11 is 0. The summed E-state index contributed by atoms with van der Waals surface area (Å²) in [6.07, 6.45) is 1.48. The highest BCUT2D eigenvalue weighted by Gasteiger charge is 2.52. The number of pyridine rings is 2. The maximum absolute atomic E-state index is 14.3. The number of Topliss-reactive ketones (excluding diaryl/α,β-unsaturated/α-hetero) is 2. The first kappa shape index (κ1) is 33.4. The molecule has 3 aliphatic heterocycles. The number of amides is 2. The van der Waals surface area contributed by atoms with E-state index in [1.807, 2.05) is 30.3 Å². The zero-order chi connectivity index (χ0) is 34.2. The number of cyclic esters (lactones) is 1. The van der Waals surface area contributed by atoms with Gasteiger partial charge >= 0.3 is 5.97 Å². The van der Waals surface area contributed by atoms with E-state index in [1.165, 1.54) is 9.47 Å². The van der Waals surface area contributed by atoms with Gasteiger partial charge in [-0.3, -0.25) is 28.9 Å². The number of hydrogen-bond donors (Lipinski definition) is 2. The lowest BCUT2D eigenvalue weighted by atomic mass is 9.79. The molecule has 0 saturated carbocycles. The molecular formula is C36H40N4O8. The van der Waals surface area contributed by atoms with Gasteiger partial charge in [-0.15, -0.1) is 0 Å². The number of nitrogens with two attached hydrogens (primary N) is 1. The number of hydrogen-bond acceptors (Lipinski definition) is 10. The van der Waals surface area contributed by atoms with E-state index >= 15 is 0 Å². The summed E-state index contributed by atoms with van der Waals surface area (Å²) in [5.74, 6) is -3.62. The Morgan fingerprint density at radius 3 is 2.52 bits per heavy atom. The minimum atomic E-state index is -2.17. The van der Waals surface area contributed by atoms with Gasteiger partial charge in [0.2, 0.25) is 11.8 Å². The van der Waals surface area contributed by atoms with Gasteiger partial charge in [0.05, 0.1) is 34.9 Å². The van der Waals surface area contributed by atoms with Crippen LogP contribution in [0.3, 0.4) is 0 Å². The fourth-order valence-electron chi connectivity index (χ4n) is 7.12. The van der Waals surface area contributed by atoms with E-state index in [9.17, 15) is 33.9 Å². The number of fused-ring (bicyclic) bond motifs is 5. The molecule has 1 fully saturated rings. The highest BCUT2D eigenvalue weighted by Crippen LogP contribution is 2.43. The predicted molar refractivity (Wildman–Crippen MR) is 174 cm³/mol. The summed E-state index contributed by atoms with van der Waals surface area (Å²) < 4.78 is 7.08. The summed E-state index contributed by atoms with van der Waals surface area (Å²) in [5, 5.41) is 12.5. The Morgan fingerprint density at radius 2 is 1.79 bits per heavy atom. The maximum Gasteiger partial charge on any atom is 0.343 e. The fourth-order valence-corrected chi connectivity index (χ4v) is 7.12. The summed E-state index contributed by atoms with van der Waals surface area (Å²) in [5.41, 5.74) is 5.31. The molecule has 0 radical (unpaired) electrons. The lowest BCUT2D eigenvalue weighted by Gasteiger charge is -2.36. The van der Waals surface area contributed by atoms with E-state index in [2.05, 4.69) is 0 Å². The molecule has 3 N–H and O–H groups in total. The molecule has 12 nitrogen and oxygen atoms in total. The molecule has 1 aromatic carbocycles. The van der Waals surface area contributed by atoms with Gasteiger partial charge < -0.3 is 20.1 Å². The smallest absolute Gasteiger partial charge is 0.343 e. The molecule has 12 heteroatoms. The van der Waals surface area contributed by atoms with Crippen LogP contribution < -0.4 is 11.3 Å². The molecule has 252 valence electrons. The van der Waals surface area contributed by atoms with Crippen molar-refractivity contribution in [3.05, 3.63) is 63.4 Å². The molecule has 3 aliphatic rings. The molecule has 1 saturated heterocycles. The van der Waals surface area contributed by atoms with Crippen molar-refractivity contribution in [3.63, 3.8) is 0 Å². The van der Waals surface area contributed by atoms with Crippen LogP contribution >= 0.6 is 0 Å². The van der Waals surface area contributed by atoms with Crippen LogP contribution in [-0.4, -0.2) is 62.0 Å². The zero-order valence-electron chi connectivity index (χ0n) is 27.0. The summed E-state index contributed by atoms with van der Waals surface area (Å²) in [6.45, 7) is 2.43. The Labute approximate surface area is 277 Å². The number of carbonyl (C=O) groups excluding carboxylic acids is 5. The van der Waals surface area contributed by atoms with E-state index < -0.39 is 34.9 Å². The predicted octanol–water partition coefficient (Wildman–Crippen LogP) is 3.21. The molecule has 0 aliphatic carbocycles. The van der Waals surface area contributed by atoms with Crippen molar-refractivity contribution < 1.29 is 33.8 Å². The van der Waals surface area contributed by atoms with Crippen molar-refractivity contribution in [1.82, 2.24) is 14.5 Å². The van der Waals surface area contributed by atoms with Crippen LogP contribution in [0.25, 0.3) is 22.3 Å². The Bertz CT molecular complexity index is 1870. The van der Waals surface area contributed by atoms with E-state index in [4.69, 9.17) is 15.5 Å². The van der Waals surface area contributed by atoms with E-state index in [0.29, 0.717) is 56.6 Å². The van der Waals surface area contributed by atoms with Crippen molar-refractivity contribution in [2.75, 3.05) is 13.1 Å². The van der Waals surface area contributed by atoms with Gasteiger partial charge in [-0.1, -0.05) is 38.0 Å². The highest BCUT2D eigenvalue weighted by atomic mass is 16.6. The second-order valence-electron chi connectivity index (χ2n) is 12.9. The van der Waals surface area contributed by atoms with Gasteiger partial charge in [0.25, 0.3) is 5.56 Å². The minimum Gasteiger partial charge on any atom is -0.447 e. The van der Waals surface area contributed by atoms with Crippen LogP contribution in [0.2, 0.25) is 0 Å². The van der Waals surface area contributed by atoms with Crippen LogP contribution in [0.5, 0.6) is 0 Å². The summed E-state index contributed by atoms with van der Waals surface area (Å²) in [7, 11) is 0. The topological polar surface area (TPSA) is 179 Å². The number of carbonyl (C=O) groups is 5. The number of nitrogens with zero attached hydrogens (tertiary/aromatic N) is 3. The molecule has 0 bridgehead atoms. The first-order valence-electron chi connectivity index (χ1n) is 16.8. The molecule has 2 unspecified atom stereocenters. The van der Waals surface area contributed by atoms with E-state index in [1.54, 1.807) is 13.0 Å². The van der Waals surface area contributed by atoms with Crippen molar-refractivity contribution >= 4 is 40.3 Å². The Kier molecular flexibility index (Phi) is 9.39. The molecular weight excluding hydrogens is 616 g/mol. The van der Waals surface area contributed by atoms with Crippen LogP contribution in [0.4, 0.5) is 0 Å². The average Bonchev–Trinajstić information content (AvgIpc) is 3.61. The summed E-state index contributed by atoms with van der Waals surface area (Å²) in [4.78, 5) is 85.3. The molecule has 6 rings (SSSR count). The average molecular weight is 657 g/mol. The zero-order valence-corrected chi connectivity index (χ0v) is 27.0. The van der Waals surface area contributed by atoms with Crippen LogP contribution in [-0.2, 0) is 40.9 Å². The molecule has 2 aromatic heterocycles. The quantitative estimate of drug-likeness (QED) is 0.0886. The lowest BCUT2D eigenvalue weighted by Crippen LogP contribution is -2.49. The van der Waals surface area contributed by atoms with Gasteiger partial charge in [-0.25, -0.2) is 9.78 Å². The number of unbranched alkanes of at least 4 members (excludes halogenated alkanes) is 3. The number of likely N-dealkylation sites (tertiary alicyclic amines) is 1. The molecule has 3 atom stereocenters. The van der Waals surface area contributed by atoms with Gasteiger partial charge in [0.15, 0.2) is 17.5 Å². The third-order valence-electron chi connectivity index (χ3n) is 9.89. The number of para-hydroxylation sites is 1. The highest BCUT2D eigenvalue weighted by molar-refractivity contribution is 6.06. The maximum atomic E-state index is 14.3. The second kappa shape index (κ2) is 13.5. The van der Waals surface area contributed by atoms with Crippen LogP contribution in [0.1, 0.15) is 93.9 Å². The standard InChI is InChI=1S/C36H40N4O8/c1-2-36(47)24-19-26-31-22(18-21-10-5-6-12-25(21)38-31)20-40(26)34(45)30(24)33(48-35(36)46)32(44)23(11-7-8-16-37)27(41)13-4-3-9-17-39-28(42)14-15-29(39)43/h5-6,10,12,18-19,23,33,47H,2-4,7-9,11,13-17,20,37H2,1H3/t23?,33?,36-/m0/s1. The Balaban J connectivity index is 1.29. The SMILES string of the molecule is CC[C@@]1(O)C(=O)OC(C(=O)C(CCCCN)C(=O)CCCCCN2C(=O)CCC2=O)c2c1cc1n(c2=O)Cc2cc3ccccc3nc2-1. The number of aromatic nitrogens is 2. The van der Waals surface area contributed by atoms with Gasteiger partial charge in [-0.05, 0) is 56.8 Å². The molecule has 3 aromatic rings. The first-order chi connectivity index (χ1) is 23.1. The van der Waals surface area contributed by atoms with Crippen molar-refractivity contribution in [3.8, 4) is 11.4 Å². The van der Waals surface area contributed by atoms with Crippen molar-refractivity contribution in [2.45, 2.75) is 89.4 Å². The van der Waals surface area contributed by atoms with E-state index in [0.717, 1.165) is 16.5 Å². The van der Waals surface area contributed by atoms with Crippen molar-refractivity contribution in [1.29, 1.82) is 0 Å². The monoisotopic (exact) mass is 656 g/mol. The number of esters is 1. The normalized spacial score (nSPS) is 20.4. The van der Waals surface area contributed by atoms with E-state index in [-0.39, 0.29) is 67.4 Å². The fraction of sp³-hybridized carbons (Fsp3) is 0.472. The lowest BCUT2D eigenvalue weighted by molar-refractivity contribution is -0.181.